The van der Waals surface area contributed by atoms with E-state index in [1.807, 2.05) is 30.3 Å². The van der Waals surface area contributed by atoms with Gasteiger partial charge in [0.1, 0.15) is 11.6 Å². The van der Waals surface area contributed by atoms with Crippen molar-refractivity contribution in [3.05, 3.63) is 143 Å². The average Bonchev–Trinajstić information content (AvgIpc) is 4.26. The van der Waals surface area contributed by atoms with E-state index >= 15 is 9.59 Å². The number of ether oxygens (including phenoxy) is 1. The fourth-order valence-electron chi connectivity index (χ4n) is 10.8. The minimum Gasteiger partial charge on any atom is -0.462 e. The summed E-state index contributed by atoms with van der Waals surface area (Å²) in [5.41, 5.74) is 5.63. The lowest BCUT2D eigenvalue weighted by Gasteiger charge is -2.11. The van der Waals surface area contributed by atoms with Crippen LogP contribution in [0.4, 0.5) is 0 Å². The van der Waals surface area contributed by atoms with Gasteiger partial charge in [-0.25, -0.2) is 4.79 Å². The molecule has 0 bridgehead atoms. The molecule has 3 aromatic heterocycles. The minimum absolute atomic E-state index is 0.0875. The second-order valence-electron chi connectivity index (χ2n) is 19.0. The van der Waals surface area contributed by atoms with Crippen molar-refractivity contribution in [1.82, 2.24) is 0 Å². The molecule has 0 N–H and O–H groups in total. The van der Waals surface area contributed by atoms with E-state index in [0.717, 1.165) is 86.2 Å². The van der Waals surface area contributed by atoms with Gasteiger partial charge in [0.05, 0.1) is 6.61 Å². The molecule has 5 nitrogen and oxygen atoms in total. The summed E-state index contributed by atoms with van der Waals surface area (Å²) in [6, 6.07) is 33.9. The zero-order valence-corrected chi connectivity index (χ0v) is 43.2. The van der Waals surface area contributed by atoms with E-state index in [0.29, 0.717) is 54.6 Å². The smallest absolute Gasteiger partial charge is 0.349 e. The summed E-state index contributed by atoms with van der Waals surface area (Å²) in [5, 5.41) is 15.8. The van der Waals surface area contributed by atoms with E-state index in [-0.39, 0.29) is 23.0 Å². The monoisotopic (exact) mass is 977 g/mol. The van der Waals surface area contributed by atoms with Crippen LogP contribution in [-0.4, -0.2) is 12.6 Å². The normalized spacial score (nSPS) is 13.0. The van der Waals surface area contributed by atoms with Gasteiger partial charge in [-0.05, 0) is 151 Å². The van der Waals surface area contributed by atoms with Crippen molar-refractivity contribution in [2.24, 2.45) is 0 Å². The van der Waals surface area contributed by atoms with Crippen LogP contribution >= 0.6 is 34.0 Å². The molecule has 3 heterocycles. The highest BCUT2D eigenvalue weighted by atomic mass is 32.1. The molecule has 0 aliphatic heterocycles. The highest BCUT2D eigenvalue weighted by Crippen LogP contribution is 2.55. The van der Waals surface area contributed by atoms with Crippen molar-refractivity contribution in [3.8, 4) is 48.5 Å². The standard InChI is InChI=1S/C62H59NO4S3/c1-5-9-12-15-18-40-24-30-50(68-40)37-21-27-43-46(33-37)54-57(53(43)49(36-63)62(66)67-8-4)55-47-34-38(51-31-25-41(69-51)19-16-13-10-6-2)22-28-44(47)60(64)59(55)56-48-35-39(23-29-45(48)61(65)58(54)56)52-32-26-42(70-52)20-17-14-11-7-3/h21-35H,5-20H2,1-4H3/b53-49+. The molecule has 1 aliphatic rings. The van der Waals surface area contributed by atoms with Gasteiger partial charge in [0.2, 0.25) is 0 Å². The van der Waals surface area contributed by atoms with Gasteiger partial charge in [0.25, 0.3) is 0 Å². The van der Waals surface area contributed by atoms with Gasteiger partial charge in [-0.3, -0.25) is 9.59 Å². The Morgan fingerprint density at radius 2 is 0.957 bits per heavy atom. The molecule has 70 heavy (non-hydrogen) atoms. The Labute approximate surface area is 422 Å². The van der Waals surface area contributed by atoms with E-state index in [1.165, 1.54) is 72.4 Å². The van der Waals surface area contributed by atoms with Crippen LogP contribution in [0.15, 0.2) is 106 Å². The number of carbonyl (C=O) groups excluding carboxylic acids is 1. The Balaban J connectivity index is 1.26. The van der Waals surface area contributed by atoms with Crippen molar-refractivity contribution < 1.29 is 9.53 Å². The zero-order valence-electron chi connectivity index (χ0n) is 40.8. The van der Waals surface area contributed by atoms with E-state index in [2.05, 4.69) is 87.5 Å². The maximum atomic E-state index is 15.4. The second kappa shape index (κ2) is 20.8. The third-order valence-electron chi connectivity index (χ3n) is 14.3. The highest BCUT2D eigenvalue weighted by Gasteiger charge is 2.37. The van der Waals surface area contributed by atoms with Gasteiger partial charge < -0.3 is 4.74 Å². The van der Waals surface area contributed by atoms with Crippen LogP contribution in [0, 0.1) is 11.3 Å². The Kier molecular flexibility index (Phi) is 14.2. The predicted octanol–water partition coefficient (Wildman–Crippen LogP) is 17.3. The molecule has 354 valence electrons. The maximum Gasteiger partial charge on any atom is 0.349 e. The number of aryl methyl sites for hydroxylation is 3. The van der Waals surface area contributed by atoms with Crippen molar-refractivity contribution in [2.45, 2.75) is 124 Å². The number of nitrogens with zero attached hydrogens (tertiary/aromatic N) is 1. The summed E-state index contributed by atoms with van der Waals surface area (Å²) in [6.07, 6.45) is 17.5. The van der Waals surface area contributed by atoms with E-state index in [9.17, 15) is 10.1 Å². The van der Waals surface area contributed by atoms with Gasteiger partial charge in [0, 0.05) is 78.3 Å². The number of unbranched alkanes of at least 4 members (excludes halogenated alkanes) is 9. The number of hydrogen-bond donors (Lipinski definition) is 0. The van der Waals surface area contributed by atoms with Gasteiger partial charge in [0.15, 0.2) is 10.9 Å². The Morgan fingerprint density at radius 1 is 0.486 bits per heavy atom. The molecular formula is C62H59NO4S3. The van der Waals surface area contributed by atoms with Crippen LogP contribution in [0.25, 0.3) is 91.1 Å². The first-order valence-electron chi connectivity index (χ1n) is 25.6. The predicted molar refractivity (Wildman–Crippen MR) is 299 cm³/mol. The van der Waals surface area contributed by atoms with E-state index < -0.39 is 5.97 Å². The lowest BCUT2D eigenvalue weighted by molar-refractivity contribution is -0.137. The molecule has 6 aromatic carbocycles. The SMILES string of the molecule is CCCCCCc1ccc(-c2ccc3c(c2)-c2c(c4c5cc(-c6ccc(CCCCCC)s6)ccc5c(=O)c4c4c2c(=O)c2ccc(-c5ccc(CCCCCC)s5)cc24)/C3=C(\C#N)C(=O)OCC)s1. The van der Waals surface area contributed by atoms with Gasteiger partial charge >= 0.3 is 5.97 Å². The number of carbonyl (C=O) groups is 1. The summed E-state index contributed by atoms with van der Waals surface area (Å²) >= 11 is 5.37. The second-order valence-corrected chi connectivity index (χ2v) is 22.5. The highest BCUT2D eigenvalue weighted by molar-refractivity contribution is 7.16. The van der Waals surface area contributed by atoms with Crippen molar-refractivity contribution in [3.63, 3.8) is 0 Å². The summed E-state index contributed by atoms with van der Waals surface area (Å²) in [7, 11) is 0. The molecule has 0 amide bonds. The van der Waals surface area contributed by atoms with Gasteiger partial charge in [-0.15, -0.1) is 34.0 Å². The van der Waals surface area contributed by atoms with E-state index in [4.69, 9.17) is 4.74 Å². The first kappa shape index (κ1) is 47.7. The first-order chi connectivity index (χ1) is 34.3. The number of benzene rings is 4. The Morgan fingerprint density at radius 3 is 1.44 bits per heavy atom. The lowest BCUT2D eigenvalue weighted by Crippen LogP contribution is -2.09. The molecule has 0 atom stereocenters. The number of fused-ring (bicyclic) bond motifs is 12. The number of esters is 1. The lowest BCUT2D eigenvalue weighted by atomic mass is 9.91. The first-order valence-corrected chi connectivity index (χ1v) is 28.1. The molecule has 0 spiro atoms. The minimum atomic E-state index is -0.730. The largest absolute Gasteiger partial charge is 0.462 e. The number of thiophene rings is 3. The summed E-state index contributed by atoms with van der Waals surface area (Å²) in [4.78, 5) is 52.3. The average molecular weight is 978 g/mol. The van der Waals surface area contributed by atoms with Crippen LogP contribution in [0.1, 0.15) is 131 Å². The van der Waals surface area contributed by atoms with Crippen molar-refractivity contribution in [1.29, 1.82) is 5.26 Å². The number of nitriles is 1. The van der Waals surface area contributed by atoms with Gasteiger partial charge in [-0.2, -0.15) is 5.26 Å². The van der Waals surface area contributed by atoms with Crippen molar-refractivity contribution >= 4 is 88.6 Å². The van der Waals surface area contributed by atoms with Crippen LogP contribution < -0.4 is 10.9 Å². The van der Waals surface area contributed by atoms with Crippen LogP contribution in [0.5, 0.6) is 0 Å². The molecule has 0 saturated carbocycles. The molecule has 0 unspecified atom stereocenters. The molecule has 10 rings (SSSR count). The molecule has 0 fully saturated rings. The molecule has 1 aliphatic carbocycles. The summed E-state index contributed by atoms with van der Waals surface area (Å²) in [5.74, 6) is -0.730. The molecule has 9 aromatic rings. The maximum absolute atomic E-state index is 15.4. The Hall–Kier alpha value is -5.98. The van der Waals surface area contributed by atoms with Crippen LogP contribution in [-0.2, 0) is 28.8 Å². The molecule has 0 saturated heterocycles. The van der Waals surface area contributed by atoms with E-state index in [1.54, 1.807) is 40.9 Å². The van der Waals surface area contributed by atoms with Gasteiger partial charge in [-0.1, -0.05) is 103 Å². The quantitative estimate of drug-likeness (QED) is 0.0329. The number of hydrogen-bond acceptors (Lipinski definition) is 8. The Bertz CT molecular complexity index is 3620. The molecular weight excluding hydrogens is 919 g/mol. The molecule has 0 radical (unpaired) electrons. The topological polar surface area (TPSA) is 84.2 Å². The summed E-state index contributed by atoms with van der Waals surface area (Å²) in [6.45, 7) is 8.52. The third-order valence-corrected chi connectivity index (χ3v) is 17.9. The third kappa shape index (κ3) is 8.69. The number of rotatable bonds is 20. The van der Waals surface area contributed by atoms with Crippen molar-refractivity contribution in [2.75, 3.05) is 6.61 Å². The fraction of sp³-hybridized carbons (Fsp3) is 0.323. The fourth-order valence-corrected chi connectivity index (χ4v) is 14.0. The molecule has 8 heteroatoms. The summed E-state index contributed by atoms with van der Waals surface area (Å²) < 4.78 is 5.62. The van der Waals surface area contributed by atoms with Crippen LogP contribution in [0.2, 0.25) is 0 Å². The van der Waals surface area contributed by atoms with Crippen LogP contribution in [0.3, 0.4) is 0 Å². The zero-order chi connectivity index (χ0) is 48.5.